The van der Waals surface area contributed by atoms with Crippen LogP contribution in [0.15, 0.2) is 60.7 Å². The van der Waals surface area contributed by atoms with E-state index in [1.165, 1.54) is 19.2 Å². The number of halogens is 5. The summed E-state index contributed by atoms with van der Waals surface area (Å²) in [5, 5.41) is 3.94. The number of anilines is 2. The minimum absolute atomic E-state index is 0.0433. The lowest BCUT2D eigenvalue weighted by Gasteiger charge is -2.16. The van der Waals surface area contributed by atoms with Gasteiger partial charge < -0.3 is 14.8 Å². The first-order valence-corrected chi connectivity index (χ1v) is 10.1. The van der Waals surface area contributed by atoms with E-state index in [1.807, 2.05) is 0 Å². The summed E-state index contributed by atoms with van der Waals surface area (Å²) in [6.07, 6.45) is -4.44. The lowest BCUT2D eigenvalue weighted by atomic mass is 10.1. The molecule has 0 aromatic heterocycles. The molecule has 0 saturated carbocycles. The fourth-order valence-corrected chi connectivity index (χ4v) is 3.36. The van der Waals surface area contributed by atoms with Crippen LogP contribution in [0, 0.1) is 0 Å². The Bertz CT molecular complexity index is 1080. The fraction of sp³-hybridized carbons (Fsp3) is 0.174. The normalized spacial score (nSPS) is 11.2. The number of hydrogen-bond acceptors (Lipinski definition) is 4. The summed E-state index contributed by atoms with van der Waals surface area (Å²) in [6, 6.07) is 14.8. The van der Waals surface area contributed by atoms with Gasteiger partial charge in [0.25, 0.3) is 0 Å². The van der Waals surface area contributed by atoms with E-state index in [4.69, 9.17) is 32.7 Å². The van der Waals surface area contributed by atoms with E-state index < -0.39 is 17.7 Å². The number of ether oxygens (including phenoxy) is 2. The molecule has 168 valence electrons. The maximum Gasteiger partial charge on any atom is 0.416 e. The maximum atomic E-state index is 12.7. The third kappa shape index (κ3) is 6.08. The molecule has 0 heterocycles. The molecule has 0 amide bonds. The van der Waals surface area contributed by atoms with Crippen LogP contribution < -0.4 is 10.1 Å². The minimum Gasteiger partial charge on any atom is -0.489 e. The number of rotatable bonds is 7. The molecule has 3 aromatic carbocycles. The molecular formula is C23H18Cl2F3NO3. The third-order valence-electron chi connectivity index (χ3n) is 4.55. The molecule has 0 bridgehead atoms. The highest BCUT2D eigenvalue weighted by Gasteiger charge is 2.29. The SMILES string of the molecule is COC(=O)Cc1cc(OCc2ccc(C(F)(F)F)cc2)ccc1Nc1c(Cl)cccc1Cl. The molecule has 0 unspecified atom stereocenters. The van der Waals surface area contributed by atoms with E-state index >= 15 is 0 Å². The van der Waals surface area contributed by atoms with Gasteiger partial charge in [0.05, 0.1) is 34.8 Å². The third-order valence-corrected chi connectivity index (χ3v) is 5.18. The van der Waals surface area contributed by atoms with Crippen LogP contribution in [0.3, 0.4) is 0 Å². The van der Waals surface area contributed by atoms with Crippen LogP contribution in [0.4, 0.5) is 24.5 Å². The summed E-state index contributed by atoms with van der Waals surface area (Å²) in [4.78, 5) is 11.9. The lowest BCUT2D eigenvalue weighted by Crippen LogP contribution is -2.08. The molecule has 0 aliphatic carbocycles. The van der Waals surface area contributed by atoms with E-state index in [1.54, 1.807) is 36.4 Å². The lowest BCUT2D eigenvalue weighted by molar-refractivity contribution is -0.140. The second kappa shape index (κ2) is 10.1. The van der Waals surface area contributed by atoms with Gasteiger partial charge in [-0.2, -0.15) is 13.2 Å². The number of hydrogen-bond donors (Lipinski definition) is 1. The molecule has 0 atom stereocenters. The zero-order valence-corrected chi connectivity index (χ0v) is 18.3. The van der Waals surface area contributed by atoms with Crippen LogP contribution >= 0.6 is 23.2 Å². The molecule has 0 spiro atoms. The fourth-order valence-electron chi connectivity index (χ4n) is 2.86. The van der Waals surface area contributed by atoms with Gasteiger partial charge in [0.15, 0.2) is 0 Å². The summed E-state index contributed by atoms with van der Waals surface area (Å²) >= 11 is 12.4. The predicted octanol–water partition coefficient (Wildman–Crippen LogP) is 7.05. The Morgan fingerprint density at radius 2 is 1.66 bits per heavy atom. The zero-order chi connectivity index (χ0) is 23.3. The summed E-state index contributed by atoms with van der Waals surface area (Å²) < 4.78 is 48.6. The van der Waals surface area contributed by atoms with Crippen molar-refractivity contribution in [1.82, 2.24) is 0 Å². The number of alkyl halides is 3. The average molecular weight is 484 g/mol. The molecule has 3 rings (SSSR count). The molecule has 0 radical (unpaired) electrons. The monoisotopic (exact) mass is 483 g/mol. The van der Waals surface area contributed by atoms with Gasteiger partial charge in [0.1, 0.15) is 12.4 Å². The summed E-state index contributed by atoms with van der Waals surface area (Å²) in [5.41, 5.74) is 1.47. The number of para-hydroxylation sites is 1. The van der Waals surface area contributed by atoms with Gasteiger partial charge in [-0.15, -0.1) is 0 Å². The molecular weight excluding hydrogens is 466 g/mol. The van der Waals surface area contributed by atoms with Gasteiger partial charge in [0, 0.05) is 5.69 Å². The second-order valence-electron chi connectivity index (χ2n) is 6.78. The minimum atomic E-state index is -4.39. The highest BCUT2D eigenvalue weighted by atomic mass is 35.5. The van der Waals surface area contributed by atoms with Gasteiger partial charge in [0.2, 0.25) is 0 Å². The van der Waals surface area contributed by atoms with E-state index in [0.29, 0.717) is 38.3 Å². The van der Waals surface area contributed by atoms with Crippen molar-refractivity contribution < 1.29 is 27.4 Å². The molecule has 0 saturated heterocycles. The highest BCUT2D eigenvalue weighted by Crippen LogP contribution is 2.35. The van der Waals surface area contributed by atoms with E-state index in [0.717, 1.165) is 12.1 Å². The second-order valence-corrected chi connectivity index (χ2v) is 7.59. The Hall–Kier alpha value is -2.90. The van der Waals surface area contributed by atoms with Gasteiger partial charge in [-0.25, -0.2) is 0 Å². The van der Waals surface area contributed by atoms with Crippen LogP contribution in [-0.2, 0) is 28.7 Å². The van der Waals surface area contributed by atoms with Gasteiger partial charge in [-0.05, 0) is 53.6 Å². The molecule has 32 heavy (non-hydrogen) atoms. The van der Waals surface area contributed by atoms with Crippen LogP contribution in [0.1, 0.15) is 16.7 Å². The van der Waals surface area contributed by atoms with E-state index in [9.17, 15) is 18.0 Å². The van der Waals surface area contributed by atoms with Gasteiger partial charge in [-0.1, -0.05) is 41.4 Å². The number of esters is 1. The van der Waals surface area contributed by atoms with Gasteiger partial charge in [-0.3, -0.25) is 4.79 Å². The van der Waals surface area contributed by atoms with Crippen molar-refractivity contribution in [1.29, 1.82) is 0 Å². The average Bonchev–Trinajstić information content (AvgIpc) is 2.75. The van der Waals surface area contributed by atoms with E-state index in [2.05, 4.69) is 5.32 Å². The Balaban J connectivity index is 1.80. The smallest absolute Gasteiger partial charge is 0.416 e. The van der Waals surface area contributed by atoms with Crippen LogP contribution in [0.2, 0.25) is 10.0 Å². The maximum absolute atomic E-state index is 12.7. The Morgan fingerprint density at radius 3 is 2.25 bits per heavy atom. The molecule has 0 fully saturated rings. The van der Waals surface area contributed by atoms with Crippen molar-refractivity contribution in [2.75, 3.05) is 12.4 Å². The van der Waals surface area contributed by atoms with Crippen LogP contribution in [-0.4, -0.2) is 13.1 Å². The van der Waals surface area contributed by atoms with Crippen LogP contribution in [0.5, 0.6) is 5.75 Å². The van der Waals surface area contributed by atoms with Crippen molar-refractivity contribution in [2.45, 2.75) is 19.2 Å². The number of benzene rings is 3. The van der Waals surface area contributed by atoms with Crippen molar-refractivity contribution >= 4 is 40.5 Å². The first kappa shape index (κ1) is 23.8. The Labute approximate surface area is 192 Å². The zero-order valence-electron chi connectivity index (χ0n) is 16.8. The van der Waals surface area contributed by atoms with Crippen LogP contribution in [0.25, 0.3) is 0 Å². The molecule has 0 aliphatic heterocycles. The first-order valence-electron chi connectivity index (χ1n) is 9.37. The summed E-state index contributed by atoms with van der Waals surface area (Å²) in [5.74, 6) is -0.0298. The number of methoxy groups -OCH3 is 1. The molecule has 4 nitrogen and oxygen atoms in total. The number of carbonyl (C=O) groups excluding carboxylic acids is 1. The van der Waals surface area contributed by atoms with Crippen molar-refractivity contribution in [3.63, 3.8) is 0 Å². The topological polar surface area (TPSA) is 47.6 Å². The van der Waals surface area contributed by atoms with Crippen molar-refractivity contribution in [3.8, 4) is 5.75 Å². The molecule has 0 aliphatic rings. The van der Waals surface area contributed by atoms with Gasteiger partial charge >= 0.3 is 12.1 Å². The molecule has 1 N–H and O–H groups in total. The van der Waals surface area contributed by atoms with Crippen molar-refractivity contribution in [2.24, 2.45) is 0 Å². The molecule has 3 aromatic rings. The Kier molecular flexibility index (Phi) is 7.53. The predicted molar refractivity (Wildman–Crippen MR) is 118 cm³/mol. The largest absolute Gasteiger partial charge is 0.489 e. The van der Waals surface area contributed by atoms with Crippen molar-refractivity contribution in [3.05, 3.63) is 87.4 Å². The quantitative estimate of drug-likeness (QED) is 0.365. The molecule has 9 heteroatoms. The number of carbonyl (C=O) groups is 1. The summed E-state index contributed by atoms with van der Waals surface area (Å²) in [6.45, 7) is 0.0545. The summed E-state index contributed by atoms with van der Waals surface area (Å²) in [7, 11) is 1.28. The number of nitrogens with one attached hydrogen (secondary N) is 1. The highest BCUT2D eigenvalue weighted by molar-refractivity contribution is 6.39. The first-order chi connectivity index (χ1) is 15.2. The Morgan fingerprint density at radius 1 is 1.00 bits per heavy atom. The van der Waals surface area contributed by atoms with E-state index in [-0.39, 0.29) is 13.0 Å². The standard InChI is InChI=1S/C23H18Cl2F3NO3/c1-31-21(30)12-15-11-17(32-13-14-5-7-16(8-6-14)23(26,27)28)9-10-20(15)29-22-18(24)3-2-4-19(22)25/h2-11,29H,12-13H2,1H3.